The molecule has 2 unspecified atom stereocenters. The maximum atomic E-state index is 13.4. The maximum Gasteiger partial charge on any atom is 0.274 e. The summed E-state index contributed by atoms with van der Waals surface area (Å²) in [7, 11) is 3.40. The van der Waals surface area contributed by atoms with Crippen molar-refractivity contribution in [2.75, 3.05) is 12.4 Å². The van der Waals surface area contributed by atoms with Gasteiger partial charge < -0.3 is 29.0 Å². The van der Waals surface area contributed by atoms with Crippen LogP contribution in [0.3, 0.4) is 0 Å². The van der Waals surface area contributed by atoms with Crippen LogP contribution in [0.1, 0.15) is 43.2 Å². The van der Waals surface area contributed by atoms with E-state index in [4.69, 9.17) is 9.47 Å². The summed E-state index contributed by atoms with van der Waals surface area (Å²) in [5, 5.41) is 17.8. The zero-order valence-corrected chi connectivity index (χ0v) is 21.0. The highest BCUT2D eigenvalue weighted by molar-refractivity contribution is 5.85. The summed E-state index contributed by atoms with van der Waals surface area (Å²) in [6, 6.07) is 7.44. The average Bonchev–Trinajstić information content (AvgIpc) is 3.63. The molecule has 11 heteroatoms. The first kappa shape index (κ1) is 22.8. The Labute approximate surface area is 217 Å². The topological polar surface area (TPSA) is 121 Å². The van der Waals surface area contributed by atoms with Gasteiger partial charge in [0.2, 0.25) is 5.95 Å². The molecule has 0 saturated heterocycles. The van der Waals surface area contributed by atoms with Gasteiger partial charge in [0, 0.05) is 19.4 Å². The van der Waals surface area contributed by atoms with E-state index in [1.807, 2.05) is 43.7 Å². The van der Waals surface area contributed by atoms with E-state index in [1.165, 1.54) is 0 Å². The minimum atomic E-state index is -0.495. The standard InChI is InChI=1S/C27H27N7O4/c1-32-23-24(37-2)22(38-21-13-29-34-10-4-3-5-19(21)34)12-28-25(23)31-27(32)30-17-11-16(15-6-7-15)14-33(26(17)36)18-8-9-20(18)35/h3-5,10-15,18,20,35H,6-9H2,1-2H3,(H,28,30,31). The van der Waals surface area contributed by atoms with Gasteiger partial charge in [-0.15, -0.1) is 0 Å². The first-order chi connectivity index (χ1) is 18.5. The molecule has 0 aliphatic heterocycles. The van der Waals surface area contributed by atoms with Gasteiger partial charge in [-0.05, 0) is 55.4 Å². The number of imidazole rings is 1. The van der Waals surface area contributed by atoms with Crippen LogP contribution in [0.5, 0.6) is 17.2 Å². The Bertz CT molecular complexity index is 1750. The van der Waals surface area contributed by atoms with Crippen molar-refractivity contribution in [3.8, 4) is 17.2 Å². The number of pyridine rings is 3. The van der Waals surface area contributed by atoms with Crippen LogP contribution in [-0.4, -0.2) is 47.0 Å². The normalized spacial score (nSPS) is 19.0. The lowest BCUT2D eigenvalue weighted by molar-refractivity contribution is 0.0299. The number of ether oxygens (including phenoxy) is 2. The minimum absolute atomic E-state index is 0.178. The van der Waals surface area contributed by atoms with Crippen molar-refractivity contribution in [1.29, 1.82) is 0 Å². The molecular formula is C27H27N7O4. The summed E-state index contributed by atoms with van der Waals surface area (Å²) >= 11 is 0. The number of aromatic nitrogens is 6. The Morgan fingerprint density at radius 2 is 2.00 bits per heavy atom. The van der Waals surface area contributed by atoms with Gasteiger partial charge >= 0.3 is 0 Å². The summed E-state index contributed by atoms with van der Waals surface area (Å²) in [6.07, 6.45) is 10.2. The number of anilines is 2. The lowest BCUT2D eigenvalue weighted by Crippen LogP contribution is -2.39. The van der Waals surface area contributed by atoms with Crippen LogP contribution in [0.2, 0.25) is 0 Å². The Balaban J connectivity index is 1.28. The Morgan fingerprint density at radius 3 is 2.74 bits per heavy atom. The van der Waals surface area contributed by atoms with Gasteiger partial charge in [-0.25, -0.2) is 9.50 Å². The number of hydrogen-bond acceptors (Lipinski definition) is 8. The SMILES string of the molecule is COc1c(Oc2cnn3ccccc23)cnc2nc(Nc3cc(C4CC4)cn(C4CCC4O)c3=O)n(C)c12. The maximum absolute atomic E-state index is 13.4. The van der Waals surface area contributed by atoms with Crippen molar-refractivity contribution in [3.05, 3.63) is 65.0 Å². The van der Waals surface area contributed by atoms with Crippen molar-refractivity contribution in [1.82, 2.24) is 28.7 Å². The Morgan fingerprint density at radius 1 is 1.13 bits per heavy atom. The van der Waals surface area contributed by atoms with Crippen molar-refractivity contribution in [2.45, 2.75) is 43.7 Å². The van der Waals surface area contributed by atoms with Gasteiger partial charge in [0.15, 0.2) is 22.9 Å². The second-order valence-electron chi connectivity index (χ2n) is 9.97. The van der Waals surface area contributed by atoms with Crippen LogP contribution in [-0.2, 0) is 7.05 Å². The first-order valence-corrected chi connectivity index (χ1v) is 12.7. The predicted molar refractivity (Wildman–Crippen MR) is 141 cm³/mol. The molecule has 7 rings (SSSR count). The largest absolute Gasteiger partial charge is 0.491 e. The number of aliphatic hydroxyl groups is 1. The van der Waals surface area contributed by atoms with Crippen molar-refractivity contribution >= 4 is 28.3 Å². The second kappa shape index (κ2) is 8.59. The van der Waals surface area contributed by atoms with Crippen LogP contribution in [0.25, 0.3) is 16.7 Å². The molecule has 2 N–H and O–H groups in total. The quantitative estimate of drug-likeness (QED) is 0.336. The number of nitrogens with zero attached hydrogens (tertiary/aromatic N) is 6. The first-order valence-electron chi connectivity index (χ1n) is 12.7. The number of fused-ring (bicyclic) bond motifs is 2. The lowest BCUT2D eigenvalue weighted by Gasteiger charge is -2.34. The fraction of sp³-hybridized carbons (Fsp3) is 0.333. The van der Waals surface area contributed by atoms with Gasteiger partial charge in [-0.1, -0.05) is 6.07 Å². The monoisotopic (exact) mass is 513 g/mol. The third-order valence-electron chi connectivity index (χ3n) is 7.55. The molecule has 0 aromatic carbocycles. The number of methoxy groups -OCH3 is 1. The van der Waals surface area contributed by atoms with Gasteiger partial charge in [0.05, 0.1) is 31.6 Å². The molecule has 0 spiro atoms. The molecule has 5 aromatic heterocycles. The summed E-state index contributed by atoms with van der Waals surface area (Å²) in [6.45, 7) is 0. The van der Waals surface area contributed by atoms with Gasteiger partial charge in [0.1, 0.15) is 16.7 Å². The Kier molecular flexibility index (Phi) is 5.15. The third-order valence-corrected chi connectivity index (χ3v) is 7.55. The highest BCUT2D eigenvalue weighted by atomic mass is 16.5. The number of hydrogen-bond donors (Lipinski definition) is 2. The molecule has 0 radical (unpaired) electrons. The van der Waals surface area contributed by atoms with E-state index < -0.39 is 6.10 Å². The van der Waals surface area contributed by atoms with E-state index in [9.17, 15) is 9.90 Å². The number of aryl methyl sites for hydroxylation is 1. The van der Waals surface area contributed by atoms with Gasteiger partial charge in [-0.2, -0.15) is 10.1 Å². The molecule has 11 nitrogen and oxygen atoms in total. The highest BCUT2D eigenvalue weighted by Gasteiger charge is 2.33. The van der Waals surface area contributed by atoms with Crippen LogP contribution in [0, 0.1) is 0 Å². The molecular weight excluding hydrogens is 486 g/mol. The third kappa shape index (κ3) is 3.61. The molecule has 2 aliphatic rings. The minimum Gasteiger partial charge on any atom is -0.491 e. The van der Waals surface area contributed by atoms with Crippen molar-refractivity contribution in [2.24, 2.45) is 7.05 Å². The molecule has 38 heavy (non-hydrogen) atoms. The van der Waals surface area contributed by atoms with Crippen LogP contribution in [0.4, 0.5) is 11.6 Å². The molecule has 0 amide bonds. The number of rotatable bonds is 7. The zero-order chi connectivity index (χ0) is 26.0. The molecule has 0 bridgehead atoms. The van der Waals surface area contributed by atoms with Crippen molar-refractivity contribution < 1.29 is 14.6 Å². The fourth-order valence-electron chi connectivity index (χ4n) is 5.12. The van der Waals surface area contributed by atoms with Crippen molar-refractivity contribution in [3.63, 3.8) is 0 Å². The molecule has 5 aromatic rings. The number of nitrogens with one attached hydrogen (secondary N) is 1. The van der Waals surface area contributed by atoms with Crippen LogP contribution >= 0.6 is 0 Å². The summed E-state index contributed by atoms with van der Waals surface area (Å²) in [5.41, 5.74) is 3.23. The summed E-state index contributed by atoms with van der Waals surface area (Å²) in [4.78, 5) is 22.6. The second-order valence-corrected chi connectivity index (χ2v) is 9.97. The summed E-state index contributed by atoms with van der Waals surface area (Å²) in [5.74, 6) is 2.35. The summed E-state index contributed by atoms with van der Waals surface area (Å²) < 4.78 is 17.1. The highest BCUT2D eigenvalue weighted by Crippen LogP contribution is 2.42. The average molecular weight is 514 g/mol. The smallest absolute Gasteiger partial charge is 0.274 e. The molecule has 2 fully saturated rings. The molecule has 2 atom stereocenters. The molecule has 2 aliphatic carbocycles. The van der Waals surface area contributed by atoms with Gasteiger partial charge in [-0.3, -0.25) is 4.79 Å². The molecule has 5 heterocycles. The molecule has 194 valence electrons. The van der Waals surface area contributed by atoms with E-state index in [0.29, 0.717) is 52.4 Å². The lowest BCUT2D eigenvalue weighted by atomic mass is 9.88. The van der Waals surface area contributed by atoms with Crippen LogP contribution < -0.4 is 20.3 Å². The number of aliphatic hydroxyl groups excluding tert-OH is 1. The fourth-order valence-corrected chi connectivity index (χ4v) is 5.12. The Hall–Kier alpha value is -4.38. The van der Waals surface area contributed by atoms with E-state index in [1.54, 1.807) is 33.2 Å². The van der Waals surface area contributed by atoms with Gasteiger partial charge in [0.25, 0.3) is 5.56 Å². The van der Waals surface area contributed by atoms with Crippen LogP contribution in [0.15, 0.2) is 53.8 Å². The van der Waals surface area contributed by atoms with E-state index in [0.717, 1.165) is 30.3 Å². The van der Waals surface area contributed by atoms with E-state index >= 15 is 0 Å². The van der Waals surface area contributed by atoms with E-state index in [2.05, 4.69) is 20.4 Å². The zero-order valence-electron chi connectivity index (χ0n) is 21.0. The van der Waals surface area contributed by atoms with E-state index in [-0.39, 0.29) is 11.6 Å². The molecule has 2 saturated carbocycles. The predicted octanol–water partition coefficient (Wildman–Crippen LogP) is 3.90.